The van der Waals surface area contributed by atoms with Crippen molar-refractivity contribution in [2.75, 3.05) is 33.7 Å². The number of rotatable bonds is 2. The molecule has 3 nitrogen and oxygen atoms in total. The Labute approximate surface area is 93.8 Å². The Morgan fingerprint density at radius 1 is 1.27 bits per heavy atom. The van der Waals surface area contributed by atoms with Gasteiger partial charge in [-0.2, -0.15) is 0 Å². The van der Waals surface area contributed by atoms with E-state index < -0.39 is 0 Å². The van der Waals surface area contributed by atoms with Gasteiger partial charge in [-0.05, 0) is 46.8 Å². The lowest BCUT2D eigenvalue weighted by atomic mass is 9.99. The molecule has 0 aromatic heterocycles. The fourth-order valence-corrected chi connectivity index (χ4v) is 2.96. The van der Waals surface area contributed by atoms with Gasteiger partial charge in [0.15, 0.2) is 0 Å². The first kappa shape index (κ1) is 11.4. The average Bonchev–Trinajstić information content (AvgIpc) is 2.66. The summed E-state index contributed by atoms with van der Waals surface area (Å²) in [5.41, 5.74) is 0. The van der Waals surface area contributed by atoms with E-state index in [1.54, 1.807) is 0 Å². The minimum Gasteiger partial charge on any atom is -0.314 e. The molecule has 0 saturated carbocycles. The van der Waals surface area contributed by atoms with Crippen LogP contribution in [0, 0.1) is 0 Å². The molecule has 3 unspecified atom stereocenters. The van der Waals surface area contributed by atoms with Crippen molar-refractivity contribution in [1.82, 2.24) is 15.1 Å². The molecule has 88 valence electrons. The predicted molar refractivity (Wildman–Crippen MR) is 64.2 cm³/mol. The molecular weight excluding hydrogens is 186 g/mol. The van der Waals surface area contributed by atoms with E-state index >= 15 is 0 Å². The normalized spacial score (nSPS) is 38.8. The standard InChI is InChI=1S/C12H25N3/c1-10-8-11(4-6-13-10)15-7-5-12(9-15)14(2)3/h10-13H,4-9H2,1-3H3. The van der Waals surface area contributed by atoms with Crippen molar-refractivity contribution in [2.45, 2.75) is 44.3 Å². The monoisotopic (exact) mass is 211 g/mol. The maximum atomic E-state index is 3.53. The second-order valence-electron chi connectivity index (χ2n) is 5.43. The minimum absolute atomic E-state index is 0.710. The van der Waals surface area contributed by atoms with E-state index in [-0.39, 0.29) is 0 Å². The molecule has 2 aliphatic heterocycles. The molecule has 3 atom stereocenters. The molecule has 2 heterocycles. The van der Waals surface area contributed by atoms with Gasteiger partial charge in [-0.25, -0.2) is 0 Å². The van der Waals surface area contributed by atoms with Crippen LogP contribution in [0.15, 0.2) is 0 Å². The Kier molecular flexibility index (Phi) is 3.65. The molecule has 0 aliphatic carbocycles. The fourth-order valence-electron chi connectivity index (χ4n) is 2.96. The molecule has 3 heteroatoms. The largest absolute Gasteiger partial charge is 0.314 e. The number of likely N-dealkylation sites (tertiary alicyclic amines) is 1. The SMILES string of the molecule is CC1CC(N2CCC(N(C)C)C2)CCN1. The van der Waals surface area contributed by atoms with Crippen molar-refractivity contribution >= 4 is 0 Å². The fraction of sp³-hybridized carbons (Fsp3) is 1.00. The highest BCUT2D eigenvalue weighted by molar-refractivity contribution is 4.89. The van der Waals surface area contributed by atoms with Crippen LogP contribution in [-0.4, -0.2) is 61.7 Å². The Morgan fingerprint density at radius 2 is 2.07 bits per heavy atom. The van der Waals surface area contributed by atoms with E-state index in [9.17, 15) is 0 Å². The topological polar surface area (TPSA) is 18.5 Å². The summed E-state index contributed by atoms with van der Waals surface area (Å²) >= 11 is 0. The third-order valence-corrected chi connectivity index (χ3v) is 4.04. The van der Waals surface area contributed by atoms with Crippen molar-refractivity contribution in [3.63, 3.8) is 0 Å². The second kappa shape index (κ2) is 4.81. The van der Waals surface area contributed by atoms with E-state index in [1.165, 1.54) is 38.9 Å². The number of hydrogen-bond donors (Lipinski definition) is 1. The number of piperidine rings is 1. The zero-order chi connectivity index (χ0) is 10.8. The summed E-state index contributed by atoms with van der Waals surface area (Å²) in [6, 6.07) is 2.34. The molecular formula is C12H25N3. The number of nitrogens with zero attached hydrogens (tertiary/aromatic N) is 2. The van der Waals surface area contributed by atoms with Crippen LogP contribution in [0.5, 0.6) is 0 Å². The lowest BCUT2D eigenvalue weighted by molar-refractivity contribution is 0.165. The zero-order valence-corrected chi connectivity index (χ0v) is 10.4. The van der Waals surface area contributed by atoms with Gasteiger partial charge < -0.3 is 10.2 Å². The van der Waals surface area contributed by atoms with Gasteiger partial charge in [-0.15, -0.1) is 0 Å². The summed E-state index contributed by atoms with van der Waals surface area (Å²) in [5, 5.41) is 3.53. The molecule has 0 aromatic rings. The molecule has 15 heavy (non-hydrogen) atoms. The second-order valence-corrected chi connectivity index (χ2v) is 5.43. The Bertz CT molecular complexity index is 205. The van der Waals surface area contributed by atoms with Gasteiger partial charge in [0.1, 0.15) is 0 Å². The van der Waals surface area contributed by atoms with Crippen LogP contribution < -0.4 is 5.32 Å². The first-order valence-corrected chi connectivity index (χ1v) is 6.30. The van der Waals surface area contributed by atoms with Gasteiger partial charge >= 0.3 is 0 Å². The highest BCUT2D eigenvalue weighted by Crippen LogP contribution is 2.22. The van der Waals surface area contributed by atoms with Gasteiger partial charge in [-0.3, -0.25) is 4.90 Å². The lowest BCUT2D eigenvalue weighted by Gasteiger charge is -2.35. The van der Waals surface area contributed by atoms with Gasteiger partial charge in [0.25, 0.3) is 0 Å². The van der Waals surface area contributed by atoms with Crippen LogP contribution >= 0.6 is 0 Å². The van der Waals surface area contributed by atoms with Gasteiger partial charge in [0.2, 0.25) is 0 Å². The van der Waals surface area contributed by atoms with Gasteiger partial charge in [0, 0.05) is 31.2 Å². The molecule has 2 saturated heterocycles. The van der Waals surface area contributed by atoms with Crippen molar-refractivity contribution in [3.05, 3.63) is 0 Å². The highest BCUT2D eigenvalue weighted by Gasteiger charge is 2.31. The first-order chi connectivity index (χ1) is 7.16. The molecule has 2 fully saturated rings. The van der Waals surface area contributed by atoms with E-state index in [1.807, 2.05) is 0 Å². The highest BCUT2D eigenvalue weighted by atomic mass is 15.3. The summed E-state index contributed by atoms with van der Waals surface area (Å²) in [4.78, 5) is 5.09. The summed E-state index contributed by atoms with van der Waals surface area (Å²) < 4.78 is 0. The van der Waals surface area contributed by atoms with Crippen LogP contribution in [-0.2, 0) is 0 Å². The molecule has 0 radical (unpaired) electrons. The molecule has 2 aliphatic rings. The van der Waals surface area contributed by atoms with Crippen LogP contribution in [0.25, 0.3) is 0 Å². The van der Waals surface area contributed by atoms with Crippen molar-refractivity contribution < 1.29 is 0 Å². The minimum atomic E-state index is 0.710. The van der Waals surface area contributed by atoms with Crippen LogP contribution in [0.2, 0.25) is 0 Å². The summed E-state index contributed by atoms with van der Waals surface area (Å²) in [6.07, 6.45) is 4.02. The van der Waals surface area contributed by atoms with Crippen LogP contribution in [0.4, 0.5) is 0 Å². The molecule has 2 rings (SSSR count). The number of likely N-dealkylation sites (N-methyl/N-ethyl adjacent to an activating group) is 1. The van der Waals surface area contributed by atoms with E-state index in [0.717, 1.165) is 12.1 Å². The van der Waals surface area contributed by atoms with E-state index in [2.05, 4.69) is 36.1 Å². The average molecular weight is 211 g/mol. The maximum Gasteiger partial charge on any atom is 0.0229 e. The number of nitrogens with one attached hydrogen (secondary N) is 1. The van der Waals surface area contributed by atoms with Crippen LogP contribution in [0.1, 0.15) is 26.2 Å². The van der Waals surface area contributed by atoms with E-state index in [0.29, 0.717) is 6.04 Å². The lowest BCUT2D eigenvalue weighted by Crippen LogP contribution is -2.46. The van der Waals surface area contributed by atoms with Crippen molar-refractivity contribution in [1.29, 1.82) is 0 Å². The molecule has 0 aromatic carbocycles. The maximum absolute atomic E-state index is 3.53. The van der Waals surface area contributed by atoms with Gasteiger partial charge in [-0.1, -0.05) is 0 Å². The van der Waals surface area contributed by atoms with Crippen LogP contribution in [0.3, 0.4) is 0 Å². The third kappa shape index (κ3) is 2.71. The molecule has 1 N–H and O–H groups in total. The number of hydrogen-bond acceptors (Lipinski definition) is 3. The Morgan fingerprint density at radius 3 is 2.67 bits per heavy atom. The zero-order valence-electron chi connectivity index (χ0n) is 10.4. The molecule has 0 amide bonds. The molecule has 0 bridgehead atoms. The predicted octanol–water partition coefficient (Wildman–Crippen LogP) is 0.763. The third-order valence-electron chi connectivity index (χ3n) is 4.04. The summed E-state index contributed by atoms with van der Waals surface area (Å²) in [5.74, 6) is 0. The van der Waals surface area contributed by atoms with Crippen molar-refractivity contribution in [3.8, 4) is 0 Å². The summed E-state index contributed by atoms with van der Waals surface area (Å²) in [6.45, 7) is 6.10. The first-order valence-electron chi connectivity index (χ1n) is 6.30. The Balaban J connectivity index is 1.84. The quantitative estimate of drug-likeness (QED) is 0.727. The summed E-state index contributed by atoms with van der Waals surface area (Å²) in [7, 11) is 4.42. The van der Waals surface area contributed by atoms with Gasteiger partial charge in [0.05, 0.1) is 0 Å². The Hall–Kier alpha value is -0.120. The van der Waals surface area contributed by atoms with E-state index in [4.69, 9.17) is 0 Å². The molecule has 0 spiro atoms. The smallest absolute Gasteiger partial charge is 0.0229 e. The van der Waals surface area contributed by atoms with Crippen molar-refractivity contribution in [2.24, 2.45) is 0 Å².